The number of hydrogen-bond donors (Lipinski definition) is 0. The van der Waals surface area contributed by atoms with Crippen molar-refractivity contribution >= 4 is 145 Å². The minimum atomic E-state index is -0.855. The van der Waals surface area contributed by atoms with E-state index in [-0.39, 0.29) is 99.6 Å². The van der Waals surface area contributed by atoms with Crippen LogP contribution in [0.25, 0.3) is 121 Å². The number of benzene rings is 13. The lowest BCUT2D eigenvalue weighted by atomic mass is 9.33. The molecular formula is C82H55BN4O2. The summed E-state index contributed by atoms with van der Waals surface area (Å²) >= 11 is 0. The summed E-state index contributed by atoms with van der Waals surface area (Å²) < 4.78 is 254. The highest BCUT2D eigenvalue weighted by molar-refractivity contribution is 7.00. The molecule has 0 aliphatic carbocycles. The Labute approximate surface area is 550 Å². The zero-order valence-corrected chi connectivity index (χ0v) is 47.2. The van der Waals surface area contributed by atoms with Crippen molar-refractivity contribution in [1.82, 2.24) is 9.13 Å². The average Bonchev–Trinajstić information content (AvgIpc) is 1.53. The van der Waals surface area contributed by atoms with Gasteiger partial charge in [-0.1, -0.05) is 227 Å². The Kier molecular flexibility index (Phi) is 6.46. The van der Waals surface area contributed by atoms with Crippen molar-refractivity contribution in [2.24, 2.45) is 0 Å². The molecule has 0 unspecified atom stereocenters. The summed E-state index contributed by atoms with van der Waals surface area (Å²) in [4.78, 5) is 3.92. The first-order valence-electron chi connectivity index (χ1n) is 41.7. The largest absolute Gasteiger partial charge is 0.452 e. The van der Waals surface area contributed by atoms with Crippen LogP contribution in [-0.4, -0.2) is 15.8 Å². The van der Waals surface area contributed by atoms with Gasteiger partial charge in [-0.2, -0.15) is 0 Å². The summed E-state index contributed by atoms with van der Waals surface area (Å²) in [5.74, 6) is 0. The molecule has 6 heterocycles. The molecule has 0 saturated carbocycles. The summed E-state index contributed by atoms with van der Waals surface area (Å²) in [5, 5.41) is 1.31. The van der Waals surface area contributed by atoms with Crippen molar-refractivity contribution in [3.05, 3.63) is 284 Å². The predicted octanol–water partition coefficient (Wildman–Crippen LogP) is 20.4. The summed E-state index contributed by atoms with van der Waals surface area (Å²) in [6, 6.07) is 20.9. The molecule has 0 N–H and O–H groups in total. The van der Waals surface area contributed by atoms with Gasteiger partial charge in [0.25, 0.3) is 6.71 Å². The van der Waals surface area contributed by atoms with E-state index in [9.17, 15) is 16.4 Å². The van der Waals surface area contributed by atoms with Crippen molar-refractivity contribution < 1.29 is 44.5 Å². The monoisotopic (exact) mass is 1160 g/mol. The van der Waals surface area contributed by atoms with E-state index in [4.69, 9.17) is 28.0 Å². The Morgan fingerprint density at radius 2 is 0.652 bits per heavy atom. The van der Waals surface area contributed by atoms with Crippen LogP contribution in [-0.2, 0) is 5.41 Å². The Morgan fingerprint density at radius 3 is 1.02 bits per heavy atom. The van der Waals surface area contributed by atoms with Gasteiger partial charge >= 0.3 is 0 Å². The lowest BCUT2D eigenvalue weighted by Gasteiger charge is -2.45. The second-order valence-electron chi connectivity index (χ2n) is 23.2. The number of aromatic nitrogens is 2. The minimum absolute atomic E-state index is 0.120. The Bertz CT molecular complexity index is 6830. The van der Waals surface area contributed by atoms with Crippen LogP contribution < -0.4 is 26.2 Å². The smallest absolute Gasteiger partial charge is 0.252 e. The fraction of sp³-hybridized carbons (Fsp3) is 0.0488. The van der Waals surface area contributed by atoms with Crippen molar-refractivity contribution in [2.45, 2.75) is 26.2 Å². The molecule has 89 heavy (non-hydrogen) atoms. The van der Waals surface area contributed by atoms with Gasteiger partial charge in [0, 0.05) is 65.8 Å². The van der Waals surface area contributed by atoms with Crippen LogP contribution >= 0.6 is 0 Å². The van der Waals surface area contributed by atoms with Crippen LogP contribution in [0.4, 0.5) is 34.1 Å². The summed E-state index contributed by atoms with van der Waals surface area (Å²) in [5.41, 5.74) is 4.82. The SMILES string of the molecule is [2H]c1c([2H])c([2H])c(-c2ccc3c(c2)N(c2cccc4c2oc2c(-n5c6c([2H])c([2H])c([2H])c([2H])c6c6c([2H])c([2H])c([2H])c([2H])c65)cccc24)c2cc(C(C)(C)C)cc4c2B3c2ccc(-c3c([2H])c([2H])c([2H])c([2H])c3[2H])cc2N4c2cccc3c2oc2c(-n4c5c([2H])c([2H])c([2H])c([2H])c5c5c([2H])c([2H])c([2H])c([2H])c54)cccc23)c([2H])c1[2H]. The zero-order chi connectivity index (χ0) is 81.4. The fourth-order valence-electron chi connectivity index (χ4n) is 13.7. The van der Waals surface area contributed by atoms with Gasteiger partial charge in [-0.3, -0.25) is 0 Å². The van der Waals surface area contributed by atoms with E-state index in [1.54, 1.807) is 72.8 Å². The van der Waals surface area contributed by atoms with Gasteiger partial charge < -0.3 is 27.8 Å². The first-order valence-corrected chi connectivity index (χ1v) is 28.7. The van der Waals surface area contributed by atoms with Gasteiger partial charge in [0.15, 0.2) is 22.3 Å². The highest BCUT2D eigenvalue weighted by Gasteiger charge is 2.45. The summed E-state index contributed by atoms with van der Waals surface area (Å²) in [6.07, 6.45) is 0. The van der Waals surface area contributed by atoms with Gasteiger partial charge in [0.05, 0.1) is 80.5 Å². The Morgan fingerprint density at radius 1 is 0.315 bits per heavy atom. The lowest BCUT2D eigenvalue weighted by Crippen LogP contribution is -2.61. The van der Waals surface area contributed by atoms with E-state index in [1.807, 2.05) is 79.1 Å². The van der Waals surface area contributed by atoms with E-state index in [2.05, 4.69) is 0 Å². The zero-order valence-electron chi connectivity index (χ0n) is 73.2. The van der Waals surface area contributed by atoms with E-state index < -0.39 is 169 Å². The second-order valence-corrected chi connectivity index (χ2v) is 23.2. The van der Waals surface area contributed by atoms with Crippen LogP contribution in [0.2, 0.25) is 0 Å². The van der Waals surface area contributed by atoms with Gasteiger partial charge in [0.1, 0.15) is 0 Å². The van der Waals surface area contributed by atoms with Crippen molar-refractivity contribution in [1.29, 1.82) is 0 Å². The van der Waals surface area contributed by atoms with Crippen molar-refractivity contribution in [2.75, 3.05) is 9.80 Å². The van der Waals surface area contributed by atoms with Crippen LogP contribution in [0.5, 0.6) is 0 Å². The molecule has 0 fully saturated rings. The van der Waals surface area contributed by atoms with Crippen LogP contribution in [0.1, 0.15) is 62.0 Å². The van der Waals surface area contributed by atoms with E-state index in [0.717, 1.165) is 0 Å². The number of hydrogen-bond acceptors (Lipinski definition) is 4. The van der Waals surface area contributed by atoms with Gasteiger partial charge in [-0.15, -0.1) is 0 Å². The number of furan rings is 2. The molecule has 4 aromatic heterocycles. The molecule has 0 atom stereocenters. The highest BCUT2D eigenvalue weighted by atomic mass is 16.3. The lowest BCUT2D eigenvalue weighted by molar-refractivity contribution is 0.590. The van der Waals surface area contributed by atoms with Gasteiger partial charge in [-0.25, -0.2) is 0 Å². The maximum absolute atomic E-state index is 9.47. The average molecular weight is 1170 g/mol. The third kappa shape index (κ3) is 7.15. The quantitative estimate of drug-likeness (QED) is 0.156. The molecular weight excluding hydrogens is 1080 g/mol. The molecule has 7 heteroatoms. The van der Waals surface area contributed by atoms with E-state index >= 15 is 0 Å². The summed E-state index contributed by atoms with van der Waals surface area (Å²) in [6.45, 7) is 5.19. The third-order valence-electron chi connectivity index (χ3n) is 17.5. The second kappa shape index (κ2) is 18.6. The number of anilines is 6. The number of nitrogens with zero attached hydrogens (tertiary/aromatic N) is 4. The molecule has 2 aliphatic heterocycles. The van der Waals surface area contributed by atoms with Gasteiger partial charge in [-0.05, 0) is 122 Å². The van der Waals surface area contributed by atoms with Crippen LogP contribution in [0.3, 0.4) is 0 Å². The first-order chi connectivity index (χ1) is 54.6. The minimum Gasteiger partial charge on any atom is -0.452 e. The molecule has 0 spiro atoms. The molecule has 0 saturated heterocycles. The number of fused-ring (bicyclic) bond motifs is 16. The number of rotatable bonds is 6. The standard InChI is InChI=1S/C82H55BN4O2/c1-82(2,3)54-48-75-77-76(49-54)87(72-41-21-33-62-60-31-19-39-70(79(60)89-81(62)72)85-67-36-16-12-28-57(67)58-29-13-17-37-68(58)85)74-47-53(51-24-8-5-9-25-51)43-45-64(74)83(77)63-44-42-52(50-22-6-4-7-23-50)46-73(63)86(75)71-40-20-32-61-59-30-18-38-69(78(59)88-80(61)71)84-65-34-14-10-26-55(65)56-27-11-15-35-66(56)84/h4-49H,1-3H3/i4D,5D,6D,7D,8D,9D,10D,11D,12D,13D,14D,15D,16D,17D,22D,23D,24D,25D,26D,27D,28D,29D,34D,35D,36D,37D. The molecule has 2 aliphatic rings. The van der Waals surface area contributed by atoms with E-state index in [1.165, 1.54) is 9.13 Å². The molecule has 13 aromatic carbocycles. The third-order valence-corrected chi connectivity index (χ3v) is 17.5. The highest BCUT2D eigenvalue weighted by Crippen LogP contribution is 2.52. The first kappa shape index (κ1) is 30.9. The fourth-order valence-corrected chi connectivity index (χ4v) is 13.7. The maximum Gasteiger partial charge on any atom is 0.252 e. The normalized spacial score (nSPS) is 17.1. The predicted molar refractivity (Wildman–Crippen MR) is 373 cm³/mol. The molecule has 0 bridgehead atoms. The van der Waals surface area contributed by atoms with Gasteiger partial charge in [0.2, 0.25) is 0 Å². The molecule has 17 aromatic rings. The topological polar surface area (TPSA) is 42.6 Å². The van der Waals surface area contributed by atoms with Crippen molar-refractivity contribution in [3.8, 4) is 33.6 Å². The Hall–Kier alpha value is -11.3. The Balaban J connectivity index is 0.940. The molecule has 0 amide bonds. The van der Waals surface area contributed by atoms with Crippen LogP contribution in [0.15, 0.2) is 287 Å². The maximum atomic E-state index is 9.47. The van der Waals surface area contributed by atoms with E-state index in [0.29, 0.717) is 77.6 Å². The van der Waals surface area contributed by atoms with Crippen molar-refractivity contribution in [3.63, 3.8) is 0 Å². The molecule has 19 rings (SSSR count). The summed E-state index contributed by atoms with van der Waals surface area (Å²) in [7, 11) is 0. The van der Waals surface area contributed by atoms with Crippen LogP contribution in [0, 0.1) is 0 Å². The number of para-hydroxylation sites is 8. The molecule has 418 valence electrons. The molecule has 0 radical (unpaired) electrons. The molecule has 6 nitrogen and oxygen atoms in total.